The van der Waals surface area contributed by atoms with Gasteiger partial charge in [0.05, 0.1) is 19.9 Å². The first-order valence-corrected chi connectivity index (χ1v) is 10.6. The first-order chi connectivity index (χ1) is 13.7. The fourth-order valence-electron chi connectivity index (χ4n) is 4.11. The lowest BCUT2D eigenvalue weighted by Gasteiger charge is -2.40. The molecular formula is C21H27N3O3S. The minimum Gasteiger partial charge on any atom is -0.497 e. The number of hydrogen-bond donors (Lipinski definition) is 1. The van der Waals surface area contributed by atoms with E-state index >= 15 is 0 Å². The monoisotopic (exact) mass is 401 g/mol. The number of amides is 2. The van der Waals surface area contributed by atoms with E-state index in [0.29, 0.717) is 23.2 Å². The summed E-state index contributed by atoms with van der Waals surface area (Å²) >= 11 is 1.88. The number of likely N-dealkylation sites (tertiary alicyclic amines) is 1. The molecule has 0 bridgehead atoms. The number of carbonyl (C=O) groups excluding carboxylic acids is 1. The quantitative estimate of drug-likeness (QED) is 0.846. The number of ether oxygens (including phenoxy) is 2. The molecule has 0 radical (unpaired) electrons. The second-order valence-electron chi connectivity index (χ2n) is 7.30. The average molecular weight is 402 g/mol. The molecule has 2 aromatic rings. The highest BCUT2D eigenvalue weighted by Gasteiger charge is 2.29. The Kier molecular flexibility index (Phi) is 5.73. The van der Waals surface area contributed by atoms with E-state index in [4.69, 9.17) is 9.47 Å². The van der Waals surface area contributed by atoms with Crippen molar-refractivity contribution in [2.24, 2.45) is 0 Å². The maximum atomic E-state index is 12.7. The van der Waals surface area contributed by atoms with Crippen molar-refractivity contribution in [2.75, 3.05) is 39.2 Å². The van der Waals surface area contributed by atoms with Crippen LogP contribution in [0.3, 0.4) is 0 Å². The Hall–Kier alpha value is -2.25. The lowest BCUT2D eigenvalue weighted by atomic mass is 10.00. The van der Waals surface area contributed by atoms with Crippen LogP contribution in [0, 0.1) is 0 Å². The third-order valence-electron chi connectivity index (χ3n) is 5.76. The van der Waals surface area contributed by atoms with Crippen molar-refractivity contribution in [3.63, 3.8) is 0 Å². The zero-order valence-corrected chi connectivity index (χ0v) is 17.3. The summed E-state index contributed by atoms with van der Waals surface area (Å²) in [5, 5.41) is 5.18. The molecule has 1 aromatic heterocycles. The number of nitrogens with one attached hydrogen (secondary N) is 1. The van der Waals surface area contributed by atoms with Gasteiger partial charge in [-0.05, 0) is 48.4 Å². The summed E-state index contributed by atoms with van der Waals surface area (Å²) < 4.78 is 10.6. The summed E-state index contributed by atoms with van der Waals surface area (Å²) in [6, 6.07) is 8.16. The van der Waals surface area contributed by atoms with Crippen LogP contribution in [0.1, 0.15) is 23.3 Å². The molecule has 0 aliphatic carbocycles. The fourth-order valence-corrected chi connectivity index (χ4v) is 5.00. The number of rotatable bonds is 4. The molecule has 0 atom stereocenters. The molecule has 2 amide bonds. The van der Waals surface area contributed by atoms with E-state index in [2.05, 4.69) is 21.7 Å². The summed E-state index contributed by atoms with van der Waals surface area (Å²) in [6.45, 7) is 3.75. The molecule has 7 heteroatoms. The summed E-state index contributed by atoms with van der Waals surface area (Å²) in [5.41, 5.74) is 2.15. The van der Waals surface area contributed by atoms with E-state index in [1.54, 1.807) is 25.2 Å². The zero-order chi connectivity index (χ0) is 19.5. The van der Waals surface area contributed by atoms with Crippen LogP contribution in [0.15, 0.2) is 29.6 Å². The first kappa shape index (κ1) is 19.1. The van der Waals surface area contributed by atoms with Gasteiger partial charge in [0.1, 0.15) is 11.5 Å². The van der Waals surface area contributed by atoms with E-state index in [1.807, 2.05) is 28.4 Å². The van der Waals surface area contributed by atoms with Crippen LogP contribution in [-0.4, -0.2) is 55.7 Å². The average Bonchev–Trinajstić information content (AvgIpc) is 3.22. The largest absolute Gasteiger partial charge is 0.497 e. The minimum absolute atomic E-state index is 0.0688. The van der Waals surface area contributed by atoms with Crippen molar-refractivity contribution in [2.45, 2.75) is 31.8 Å². The fraction of sp³-hybridized carbons (Fsp3) is 0.476. The Bertz CT molecular complexity index is 830. The predicted molar refractivity (Wildman–Crippen MR) is 112 cm³/mol. The zero-order valence-electron chi connectivity index (χ0n) is 16.4. The Morgan fingerprint density at radius 1 is 1.14 bits per heavy atom. The number of benzene rings is 1. The van der Waals surface area contributed by atoms with E-state index in [9.17, 15) is 4.79 Å². The molecule has 0 saturated carbocycles. The standard InChI is InChI=1S/C21H27N3O3S/c1-26-17-3-4-18(19(13-17)27-2)22-21(25)23-9-5-16(6-10-23)24-11-7-20-15(14-24)8-12-28-20/h3-4,8,12-13,16H,5-7,9-11,14H2,1-2H3,(H,22,25). The van der Waals surface area contributed by atoms with E-state index in [1.165, 1.54) is 5.56 Å². The number of thiophene rings is 1. The summed E-state index contributed by atoms with van der Waals surface area (Å²) in [7, 11) is 3.20. The molecule has 150 valence electrons. The Morgan fingerprint density at radius 2 is 1.96 bits per heavy atom. The molecule has 1 N–H and O–H groups in total. The van der Waals surface area contributed by atoms with Crippen LogP contribution in [-0.2, 0) is 13.0 Å². The molecule has 0 unspecified atom stereocenters. The lowest BCUT2D eigenvalue weighted by molar-refractivity contribution is 0.111. The number of piperidine rings is 1. The van der Waals surface area contributed by atoms with Crippen LogP contribution in [0.2, 0.25) is 0 Å². The Labute approximate surface area is 170 Å². The van der Waals surface area contributed by atoms with Gasteiger partial charge < -0.3 is 19.7 Å². The second kappa shape index (κ2) is 8.41. The number of nitrogens with zero attached hydrogens (tertiary/aromatic N) is 2. The highest BCUT2D eigenvalue weighted by molar-refractivity contribution is 7.10. The smallest absolute Gasteiger partial charge is 0.321 e. The van der Waals surface area contributed by atoms with Gasteiger partial charge in [-0.1, -0.05) is 0 Å². The number of anilines is 1. The van der Waals surface area contributed by atoms with Gasteiger partial charge in [-0.15, -0.1) is 11.3 Å². The first-order valence-electron chi connectivity index (χ1n) is 9.75. The van der Waals surface area contributed by atoms with Crippen molar-refractivity contribution in [3.05, 3.63) is 40.1 Å². The van der Waals surface area contributed by atoms with Crippen molar-refractivity contribution in [1.29, 1.82) is 0 Å². The van der Waals surface area contributed by atoms with Crippen molar-refractivity contribution < 1.29 is 14.3 Å². The van der Waals surface area contributed by atoms with E-state index in [-0.39, 0.29) is 6.03 Å². The summed E-state index contributed by atoms with van der Waals surface area (Å²) in [5.74, 6) is 1.30. The van der Waals surface area contributed by atoms with Crippen LogP contribution in [0.4, 0.5) is 10.5 Å². The third kappa shape index (κ3) is 3.95. The number of urea groups is 1. The van der Waals surface area contributed by atoms with Crippen LogP contribution in [0.5, 0.6) is 11.5 Å². The predicted octanol–water partition coefficient (Wildman–Crippen LogP) is 3.82. The maximum Gasteiger partial charge on any atom is 0.321 e. The maximum absolute atomic E-state index is 12.7. The van der Waals surface area contributed by atoms with E-state index < -0.39 is 0 Å². The molecule has 2 aliphatic rings. The molecule has 4 rings (SSSR count). The minimum atomic E-state index is -0.0688. The van der Waals surface area contributed by atoms with Gasteiger partial charge in [-0.25, -0.2) is 4.79 Å². The second-order valence-corrected chi connectivity index (χ2v) is 8.30. The van der Waals surface area contributed by atoms with Gasteiger partial charge in [0.15, 0.2) is 0 Å². The Morgan fingerprint density at radius 3 is 2.71 bits per heavy atom. The molecule has 0 spiro atoms. The molecule has 1 saturated heterocycles. The number of fused-ring (bicyclic) bond motifs is 1. The van der Waals surface area contributed by atoms with Crippen molar-refractivity contribution in [1.82, 2.24) is 9.80 Å². The van der Waals surface area contributed by atoms with Gasteiger partial charge in [0, 0.05) is 43.2 Å². The molecule has 2 aliphatic heterocycles. The number of carbonyl (C=O) groups is 1. The van der Waals surface area contributed by atoms with Gasteiger partial charge in [-0.2, -0.15) is 0 Å². The Balaban J connectivity index is 1.32. The summed E-state index contributed by atoms with van der Waals surface area (Å²) in [4.78, 5) is 18.8. The van der Waals surface area contributed by atoms with Gasteiger partial charge in [-0.3, -0.25) is 4.90 Å². The molecule has 6 nitrogen and oxygen atoms in total. The molecule has 3 heterocycles. The van der Waals surface area contributed by atoms with Crippen molar-refractivity contribution in [3.8, 4) is 11.5 Å². The van der Waals surface area contributed by atoms with Gasteiger partial charge in [0.2, 0.25) is 0 Å². The normalized spacial score (nSPS) is 17.9. The van der Waals surface area contributed by atoms with Crippen LogP contribution >= 0.6 is 11.3 Å². The number of methoxy groups -OCH3 is 2. The lowest BCUT2D eigenvalue weighted by Crippen LogP contribution is -2.48. The summed E-state index contributed by atoms with van der Waals surface area (Å²) in [6.07, 6.45) is 3.20. The van der Waals surface area contributed by atoms with Crippen LogP contribution in [0.25, 0.3) is 0 Å². The van der Waals surface area contributed by atoms with E-state index in [0.717, 1.165) is 45.4 Å². The molecular weight excluding hydrogens is 374 g/mol. The molecule has 1 aromatic carbocycles. The topological polar surface area (TPSA) is 54.0 Å². The SMILES string of the molecule is COc1ccc(NC(=O)N2CCC(N3CCc4sccc4C3)CC2)c(OC)c1. The van der Waals surface area contributed by atoms with Gasteiger partial charge >= 0.3 is 6.03 Å². The van der Waals surface area contributed by atoms with Crippen LogP contribution < -0.4 is 14.8 Å². The molecule has 28 heavy (non-hydrogen) atoms. The van der Waals surface area contributed by atoms with Gasteiger partial charge in [0.25, 0.3) is 0 Å². The highest BCUT2D eigenvalue weighted by Crippen LogP contribution is 2.30. The van der Waals surface area contributed by atoms with Crippen molar-refractivity contribution >= 4 is 23.1 Å². The third-order valence-corrected chi connectivity index (χ3v) is 6.78. The number of hydrogen-bond acceptors (Lipinski definition) is 5. The highest BCUT2D eigenvalue weighted by atomic mass is 32.1. The molecule has 1 fully saturated rings.